The molecule has 66 valence electrons. The van der Waals surface area contributed by atoms with E-state index in [9.17, 15) is 0 Å². The van der Waals surface area contributed by atoms with Gasteiger partial charge in [0.1, 0.15) is 6.23 Å². The molecule has 0 spiro atoms. The van der Waals surface area contributed by atoms with Crippen molar-refractivity contribution in [3.63, 3.8) is 0 Å². The van der Waals surface area contributed by atoms with Crippen LogP contribution in [-0.4, -0.2) is 16.3 Å². The van der Waals surface area contributed by atoms with Crippen molar-refractivity contribution in [3.05, 3.63) is 48.4 Å². The molecule has 0 radical (unpaired) electrons. The average Bonchev–Trinajstić information content (AvgIpc) is 2.20. The SMILES string of the molecule is OC1C=CC(c2ccccn2)=CN1. The molecule has 0 saturated heterocycles. The fourth-order valence-electron chi connectivity index (χ4n) is 1.17. The molecule has 0 aliphatic carbocycles. The van der Waals surface area contributed by atoms with Crippen molar-refractivity contribution in [1.82, 2.24) is 10.3 Å². The molecular formula is C10H10N2O. The maximum atomic E-state index is 9.11. The van der Waals surface area contributed by atoms with E-state index in [4.69, 9.17) is 5.11 Å². The summed E-state index contributed by atoms with van der Waals surface area (Å²) in [5.41, 5.74) is 1.88. The molecule has 2 rings (SSSR count). The first kappa shape index (κ1) is 8.01. The van der Waals surface area contributed by atoms with Crippen molar-refractivity contribution in [2.45, 2.75) is 6.23 Å². The molecule has 1 aromatic heterocycles. The largest absolute Gasteiger partial charge is 0.370 e. The molecule has 0 aromatic carbocycles. The summed E-state index contributed by atoms with van der Waals surface area (Å²) in [6.07, 6.45) is 6.46. The Bertz CT molecular complexity index is 343. The van der Waals surface area contributed by atoms with Gasteiger partial charge < -0.3 is 10.4 Å². The Labute approximate surface area is 76.4 Å². The molecule has 13 heavy (non-hydrogen) atoms. The van der Waals surface area contributed by atoms with Gasteiger partial charge in [0.25, 0.3) is 0 Å². The molecule has 2 N–H and O–H groups in total. The van der Waals surface area contributed by atoms with Crippen molar-refractivity contribution in [2.24, 2.45) is 0 Å². The van der Waals surface area contributed by atoms with Gasteiger partial charge >= 0.3 is 0 Å². The molecule has 1 unspecified atom stereocenters. The molecule has 3 nitrogen and oxygen atoms in total. The van der Waals surface area contributed by atoms with Gasteiger partial charge in [0.05, 0.1) is 5.69 Å². The van der Waals surface area contributed by atoms with E-state index in [-0.39, 0.29) is 0 Å². The highest BCUT2D eigenvalue weighted by atomic mass is 16.3. The van der Waals surface area contributed by atoms with Crippen molar-refractivity contribution in [1.29, 1.82) is 0 Å². The predicted octanol–water partition coefficient (Wildman–Crippen LogP) is 0.900. The number of nitrogens with one attached hydrogen (secondary N) is 1. The van der Waals surface area contributed by atoms with Gasteiger partial charge in [-0.05, 0) is 18.2 Å². The average molecular weight is 174 g/mol. The van der Waals surface area contributed by atoms with Crippen molar-refractivity contribution in [2.75, 3.05) is 0 Å². The molecule has 1 atom stereocenters. The van der Waals surface area contributed by atoms with E-state index >= 15 is 0 Å². The van der Waals surface area contributed by atoms with Crippen LogP contribution in [0.3, 0.4) is 0 Å². The third kappa shape index (κ3) is 1.76. The highest BCUT2D eigenvalue weighted by molar-refractivity contribution is 5.72. The number of aliphatic hydroxyl groups is 1. The minimum absolute atomic E-state index is 0.576. The quantitative estimate of drug-likeness (QED) is 0.665. The van der Waals surface area contributed by atoms with Gasteiger partial charge in [0.15, 0.2) is 0 Å². The fraction of sp³-hybridized carbons (Fsp3) is 0.100. The van der Waals surface area contributed by atoms with Crippen LogP contribution in [0.5, 0.6) is 0 Å². The zero-order chi connectivity index (χ0) is 9.10. The third-order valence-corrected chi connectivity index (χ3v) is 1.83. The fourth-order valence-corrected chi connectivity index (χ4v) is 1.17. The molecule has 0 saturated carbocycles. The van der Waals surface area contributed by atoms with E-state index in [1.165, 1.54) is 0 Å². The van der Waals surface area contributed by atoms with Gasteiger partial charge in [-0.2, -0.15) is 0 Å². The smallest absolute Gasteiger partial charge is 0.143 e. The topological polar surface area (TPSA) is 45.2 Å². The Morgan fingerprint density at radius 1 is 1.38 bits per heavy atom. The first-order chi connectivity index (χ1) is 6.36. The second-order valence-electron chi connectivity index (χ2n) is 2.79. The van der Waals surface area contributed by atoms with Gasteiger partial charge in [0.2, 0.25) is 0 Å². The first-order valence-corrected chi connectivity index (χ1v) is 4.10. The van der Waals surface area contributed by atoms with Crippen LogP contribution < -0.4 is 5.32 Å². The van der Waals surface area contributed by atoms with Crippen LogP contribution in [0.15, 0.2) is 42.7 Å². The number of hydrogen-bond donors (Lipinski definition) is 2. The molecule has 1 aliphatic rings. The summed E-state index contributed by atoms with van der Waals surface area (Å²) >= 11 is 0. The first-order valence-electron chi connectivity index (χ1n) is 4.10. The predicted molar refractivity (Wildman–Crippen MR) is 50.5 cm³/mol. The Kier molecular flexibility index (Phi) is 2.10. The summed E-state index contributed by atoms with van der Waals surface area (Å²) in [6.45, 7) is 0. The number of pyridine rings is 1. The molecule has 0 bridgehead atoms. The van der Waals surface area contributed by atoms with E-state index in [1.54, 1.807) is 18.5 Å². The maximum Gasteiger partial charge on any atom is 0.143 e. The van der Waals surface area contributed by atoms with Gasteiger partial charge in [-0.25, -0.2) is 0 Å². The second-order valence-corrected chi connectivity index (χ2v) is 2.79. The van der Waals surface area contributed by atoms with Gasteiger partial charge in [-0.1, -0.05) is 12.1 Å². The van der Waals surface area contributed by atoms with Crippen LogP contribution in [0.1, 0.15) is 5.69 Å². The van der Waals surface area contributed by atoms with E-state index in [1.807, 2.05) is 24.3 Å². The third-order valence-electron chi connectivity index (χ3n) is 1.83. The molecule has 1 aromatic rings. The Morgan fingerprint density at radius 3 is 2.92 bits per heavy atom. The monoisotopic (exact) mass is 174 g/mol. The number of dihydropyridines is 1. The van der Waals surface area contributed by atoms with Crippen LogP contribution in [0.25, 0.3) is 5.57 Å². The summed E-state index contributed by atoms with van der Waals surface area (Å²) in [5, 5.41) is 11.9. The van der Waals surface area contributed by atoms with E-state index in [0.717, 1.165) is 11.3 Å². The lowest BCUT2D eigenvalue weighted by Gasteiger charge is -2.12. The maximum absolute atomic E-state index is 9.11. The van der Waals surface area contributed by atoms with E-state index in [2.05, 4.69) is 10.3 Å². The summed E-state index contributed by atoms with van der Waals surface area (Å²) in [5.74, 6) is 0. The zero-order valence-corrected chi connectivity index (χ0v) is 7.01. The Morgan fingerprint density at radius 2 is 2.31 bits per heavy atom. The normalized spacial score (nSPS) is 20.7. The van der Waals surface area contributed by atoms with Crippen LogP contribution in [-0.2, 0) is 0 Å². The molecule has 0 fully saturated rings. The van der Waals surface area contributed by atoms with Gasteiger partial charge in [0, 0.05) is 18.0 Å². The van der Waals surface area contributed by atoms with Crippen molar-refractivity contribution in [3.8, 4) is 0 Å². The van der Waals surface area contributed by atoms with E-state index in [0.29, 0.717) is 0 Å². The number of allylic oxidation sites excluding steroid dienone is 2. The number of aromatic nitrogens is 1. The van der Waals surface area contributed by atoms with Crippen LogP contribution in [0.4, 0.5) is 0 Å². The zero-order valence-electron chi connectivity index (χ0n) is 7.01. The minimum Gasteiger partial charge on any atom is -0.370 e. The minimum atomic E-state index is -0.576. The van der Waals surface area contributed by atoms with Crippen LogP contribution in [0, 0.1) is 0 Å². The highest BCUT2D eigenvalue weighted by Gasteiger charge is 2.05. The summed E-state index contributed by atoms with van der Waals surface area (Å²) < 4.78 is 0. The summed E-state index contributed by atoms with van der Waals surface area (Å²) in [7, 11) is 0. The molecular weight excluding hydrogens is 164 g/mol. The molecule has 3 heteroatoms. The number of rotatable bonds is 1. The standard InChI is InChI=1S/C10H10N2O/c13-10-5-4-8(7-12-10)9-3-1-2-6-11-9/h1-7,10,12-13H. The van der Waals surface area contributed by atoms with Crippen LogP contribution >= 0.6 is 0 Å². The summed E-state index contributed by atoms with van der Waals surface area (Å²) in [4.78, 5) is 4.19. The van der Waals surface area contributed by atoms with E-state index < -0.39 is 6.23 Å². The molecule has 1 aliphatic heterocycles. The lowest BCUT2D eigenvalue weighted by molar-refractivity contribution is 0.201. The van der Waals surface area contributed by atoms with Gasteiger partial charge in [-0.3, -0.25) is 4.98 Å². The summed E-state index contributed by atoms with van der Waals surface area (Å²) in [6, 6.07) is 5.73. The molecule has 0 amide bonds. The number of hydrogen-bond acceptors (Lipinski definition) is 3. The second kappa shape index (κ2) is 3.41. The Balaban J connectivity index is 2.25. The van der Waals surface area contributed by atoms with Crippen molar-refractivity contribution >= 4 is 5.57 Å². The lowest BCUT2D eigenvalue weighted by atomic mass is 10.1. The Hall–Kier alpha value is -1.61. The van der Waals surface area contributed by atoms with Crippen LogP contribution in [0.2, 0.25) is 0 Å². The number of nitrogens with zero attached hydrogens (tertiary/aromatic N) is 1. The number of aliphatic hydroxyl groups excluding tert-OH is 1. The molecule has 2 heterocycles. The van der Waals surface area contributed by atoms with Crippen molar-refractivity contribution < 1.29 is 5.11 Å². The van der Waals surface area contributed by atoms with Gasteiger partial charge in [-0.15, -0.1) is 0 Å². The highest BCUT2D eigenvalue weighted by Crippen LogP contribution is 2.14. The lowest BCUT2D eigenvalue weighted by Crippen LogP contribution is -2.23.